The van der Waals surface area contributed by atoms with Gasteiger partial charge in [0.15, 0.2) is 17.4 Å². The highest BCUT2D eigenvalue weighted by Gasteiger charge is 2.11. The molecule has 14 heavy (non-hydrogen) atoms. The molecular formula is C8H9Cl2F2NO. The van der Waals surface area contributed by atoms with Crippen LogP contribution in [0.5, 0.6) is 5.75 Å². The molecule has 0 unspecified atom stereocenters. The summed E-state index contributed by atoms with van der Waals surface area (Å²) in [5.74, 6) is -2.08. The minimum absolute atomic E-state index is 0. The van der Waals surface area contributed by atoms with Gasteiger partial charge in [0.25, 0.3) is 0 Å². The van der Waals surface area contributed by atoms with E-state index in [2.05, 4.69) is 0 Å². The number of hydrogen-bond acceptors (Lipinski definition) is 2. The van der Waals surface area contributed by atoms with Crippen LogP contribution in [0.4, 0.5) is 8.78 Å². The zero-order chi connectivity index (χ0) is 9.84. The van der Waals surface area contributed by atoms with Gasteiger partial charge >= 0.3 is 0 Å². The van der Waals surface area contributed by atoms with Gasteiger partial charge in [-0.3, -0.25) is 0 Å². The van der Waals surface area contributed by atoms with E-state index < -0.39 is 17.4 Å². The van der Waals surface area contributed by atoms with Crippen LogP contribution in [0.25, 0.3) is 0 Å². The quantitative estimate of drug-likeness (QED) is 0.885. The molecule has 0 aliphatic carbocycles. The summed E-state index contributed by atoms with van der Waals surface area (Å²) >= 11 is 5.40. The Labute approximate surface area is 91.4 Å². The fourth-order valence-electron chi connectivity index (χ4n) is 0.828. The topological polar surface area (TPSA) is 35.2 Å². The van der Waals surface area contributed by atoms with Crippen LogP contribution in [0.2, 0.25) is 5.02 Å². The van der Waals surface area contributed by atoms with E-state index >= 15 is 0 Å². The van der Waals surface area contributed by atoms with Gasteiger partial charge in [-0.2, -0.15) is 0 Å². The first-order valence-corrected chi connectivity index (χ1v) is 4.00. The van der Waals surface area contributed by atoms with Gasteiger partial charge < -0.3 is 10.5 Å². The van der Waals surface area contributed by atoms with Gasteiger partial charge in [-0.25, -0.2) is 8.78 Å². The maximum Gasteiger partial charge on any atom is 0.190 e. The molecule has 1 rings (SSSR count). The van der Waals surface area contributed by atoms with Crippen molar-refractivity contribution in [2.24, 2.45) is 5.73 Å². The molecule has 0 saturated carbocycles. The van der Waals surface area contributed by atoms with Crippen molar-refractivity contribution in [1.82, 2.24) is 0 Å². The largest absolute Gasteiger partial charge is 0.486 e. The van der Waals surface area contributed by atoms with Crippen LogP contribution in [-0.2, 0) is 0 Å². The minimum Gasteiger partial charge on any atom is -0.486 e. The number of hydrogen-bond donors (Lipinski definition) is 1. The molecule has 0 aromatic heterocycles. The smallest absolute Gasteiger partial charge is 0.190 e. The summed E-state index contributed by atoms with van der Waals surface area (Å²) in [4.78, 5) is 0. The zero-order valence-corrected chi connectivity index (χ0v) is 8.67. The summed E-state index contributed by atoms with van der Waals surface area (Å²) < 4.78 is 30.6. The lowest BCUT2D eigenvalue weighted by Crippen LogP contribution is -2.12. The van der Waals surface area contributed by atoms with Crippen LogP contribution in [0, 0.1) is 11.6 Å². The Bertz CT molecular complexity index is 286. The van der Waals surface area contributed by atoms with Crippen molar-refractivity contribution in [3.8, 4) is 5.75 Å². The molecule has 0 radical (unpaired) electrons. The van der Waals surface area contributed by atoms with Crippen molar-refractivity contribution in [3.63, 3.8) is 0 Å². The van der Waals surface area contributed by atoms with E-state index in [1.165, 1.54) is 0 Å². The Balaban J connectivity index is 0.00000169. The molecule has 1 aromatic rings. The van der Waals surface area contributed by atoms with Gasteiger partial charge in [-0.15, -0.1) is 12.4 Å². The Kier molecular flexibility index (Phi) is 5.76. The number of ether oxygens (including phenoxy) is 1. The average molecular weight is 244 g/mol. The van der Waals surface area contributed by atoms with Gasteiger partial charge in [-0.05, 0) is 12.1 Å². The third-order valence-corrected chi connectivity index (χ3v) is 1.55. The van der Waals surface area contributed by atoms with Gasteiger partial charge in [0, 0.05) is 11.6 Å². The van der Waals surface area contributed by atoms with Crippen molar-refractivity contribution in [1.29, 1.82) is 0 Å². The fraction of sp³-hybridized carbons (Fsp3) is 0.250. The molecule has 80 valence electrons. The molecule has 2 nitrogen and oxygen atoms in total. The number of nitrogens with two attached hydrogens (primary N) is 1. The van der Waals surface area contributed by atoms with Gasteiger partial charge in [-0.1, -0.05) is 11.6 Å². The normalized spacial score (nSPS) is 9.43. The minimum atomic E-state index is -0.821. The summed E-state index contributed by atoms with van der Waals surface area (Å²) in [5, 5.41) is -0.00454. The fourth-order valence-corrected chi connectivity index (χ4v) is 1.02. The Morgan fingerprint density at radius 2 is 1.79 bits per heavy atom. The zero-order valence-electron chi connectivity index (χ0n) is 7.10. The van der Waals surface area contributed by atoms with Crippen molar-refractivity contribution in [2.75, 3.05) is 13.2 Å². The van der Waals surface area contributed by atoms with Crippen molar-refractivity contribution in [3.05, 3.63) is 28.8 Å². The maximum absolute atomic E-state index is 12.9. The first-order valence-electron chi connectivity index (χ1n) is 3.62. The summed E-state index contributed by atoms with van der Waals surface area (Å²) in [6.07, 6.45) is 0. The third-order valence-electron chi connectivity index (χ3n) is 1.33. The van der Waals surface area contributed by atoms with E-state index in [0.717, 1.165) is 12.1 Å². The summed E-state index contributed by atoms with van der Waals surface area (Å²) in [6.45, 7) is 0.261. The molecule has 1 aromatic carbocycles. The van der Waals surface area contributed by atoms with Crippen LogP contribution in [0.3, 0.4) is 0 Å². The highest BCUT2D eigenvalue weighted by molar-refractivity contribution is 6.30. The molecule has 0 bridgehead atoms. The molecule has 0 fully saturated rings. The molecule has 0 heterocycles. The van der Waals surface area contributed by atoms with E-state index in [0.29, 0.717) is 0 Å². The van der Waals surface area contributed by atoms with Crippen molar-refractivity contribution < 1.29 is 13.5 Å². The number of rotatable bonds is 3. The lowest BCUT2D eigenvalue weighted by Gasteiger charge is -2.06. The van der Waals surface area contributed by atoms with Crippen molar-refractivity contribution in [2.45, 2.75) is 0 Å². The molecule has 0 spiro atoms. The Hall–Kier alpha value is -0.580. The molecule has 0 atom stereocenters. The summed E-state index contributed by atoms with van der Waals surface area (Å²) in [7, 11) is 0. The second-order valence-electron chi connectivity index (χ2n) is 2.34. The second-order valence-corrected chi connectivity index (χ2v) is 2.77. The van der Waals surface area contributed by atoms with Gasteiger partial charge in [0.2, 0.25) is 0 Å². The lowest BCUT2D eigenvalue weighted by molar-refractivity contribution is 0.293. The molecular weight excluding hydrogens is 235 g/mol. The Morgan fingerprint density at radius 3 is 2.21 bits per heavy atom. The molecule has 2 N–H and O–H groups in total. The standard InChI is InChI=1S/C8H8ClF2NO.ClH/c9-5-3-6(10)8(7(11)4-5)13-2-1-12;/h3-4H,1-2,12H2;1H. The summed E-state index contributed by atoms with van der Waals surface area (Å²) in [5.41, 5.74) is 5.11. The molecule has 0 saturated heterocycles. The number of benzene rings is 1. The number of halogens is 4. The van der Waals surface area contributed by atoms with E-state index in [4.69, 9.17) is 22.1 Å². The average Bonchev–Trinajstić information content (AvgIpc) is 2.02. The van der Waals surface area contributed by atoms with Gasteiger partial charge in [0.1, 0.15) is 6.61 Å². The predicted octanol–water partition coefficient (Wildman–Crippen LogP) is 2.38. The van der Waals surface area contributed by atoms with Crippen LogP contribution in [0.15, 0.2) is 12.1 Å². The maximum atomic E-state index is 12.9. The molecule has 0 aliphatic rings. The van der Waals surface area contributed by atoms with Crippen molar-refractivity contribution >= 4 is 24.0 Å². The van der Waals surface area contributed by atoms with E-state index in [-0.39, 0.29) is 30.6 Å². The van der Waals surface area contributed by atoms with E-state index in [9.17, 15) is 8.78 Å². The SMILES string of the molecule is Cl.NCCOc1c(F)cc(Cl)cc1F. The second kappa shape index (κ2) is 6.01. The predicted molar refractivity (Wildman–Crippen MR) is 53.2 cm³/mol. The van der Waals surface area contributed by atoms with E-state index in [1.807, 2.05) is 0 Å². The van der Waals surface area contributed by atoms with Crippen LogP contribution >= 0.6 is 24.0 Å². The van der Waals surface area contributed by atoms with Crippen LogP contribution in [0.1, 0.15) is 0 Å². The third kappa shape index (κ3) is 3.29. The first-order chi connectivity index (χ1) is 6.15. The van der Waals surface area contributed by atoms with Gasteiger partial charge in [0.05, 0.1) is 0 Å². The molecule has 0 aliphatic heterocycles. The summed E-state index contributed by atoms with van der Waals surface area (Å²) in [6, 6.07) is 1.97. The highest BCUT2D eigenvalue weighted by atomic mass is 35.5. The van der Waals surface area contributed by atoms with E-state index in [1.54, 1.807) is 0 Å². The van der Waals surface area contributed by atoms with Crippen LogP contribution in [-0.4, -0.2) is 13.2 Å². The molecule has 0 amide bonds. The highest BCUT2D eigenvalue weighted by Crippen LogP contribution is 2.25. The molecule has 6 heteroatoms. The first kappa shape index (κ1) is 13.4. The Morgan fingerprint density at radius 1 is 1.29 bits per heavy atom. The van der Waals surface area contributed by atoms with Crippen LogP contribution < -0.4 is 10.5 Å². The lowest BCUT2D eigenvalue weighted by atomic mass is 10.3. The monoisotopic (exact) mass is 243 g/mol.